The fourth-order valence-corrected chi connectivity index (χ4v) is 2.62. The predicted molar refractivity (Wildman–Crippen MR) is 110 cm³/mol. The molecule has 1 aromatic heterocycles. The van der Waals surface area contributed by atoms with Gasteiger partial charge in [0.05, 0.1) is 24.6 Å². The smallest absolute Gasteiger partial charge is 0.246 e. The van der Waals surface area contributed by atoms with E-state index in [-0.39, 0.29) is 0 Å². The second kappa shape index (κ2) is 9.66. The second-order valence-electron chi connectivity index (χ2n) is 6.00. The number of allylic oxidation sites excluding steroid dienone is 1. The zero-order valence-electron chi connectivity index (χ0n) is 16.3. The summed E-state index contributed by atoms with van der Waals surface area (Å²) in [5.74, 6) is 2.38. The summed E-state index contributed by atoms with van der Waals surface area (Å²) in [4.78, 5) is 0. The summed E-state index contributed by atoms with van der Waals surface area (Å²) in [7, 11) is 3.23. The normalized spacial score (nSPS) is 11.1. The van der Waals surface area contributed by atoms with Gasteiger partial charge in [0.2, 0.25) is 5.88 Å². The molecule has 3 aromatic rings. The Morgan fingerprint density at radius 3 is 2.79 bits per heavy atom. The van der Waals surface area contributed by atoms with Crippen molar-refractivity contribution in [1.82, 2.24) is 10.2 Å². The first-order chi connectivity index (χ1) is 13.7. The maximum absolute atomic E-state index is 5.99. The van der Waals surface area contributed by atoms with Crippen LogP contribution in [-0.4, -0.2) is 37.6 Å². The summed E-state index contributed by atoms with van der Waals surface area (Å²) in [5, 5.41) is 11.3. The van der Waals surface area contributed by atoms with Crippen molar-refractivity contribution in [3.05, 3.63) is 48.7 Å². The van der Waals surface area contributed by atoms with Gasteiger partial charge in [-0.25, -0.2) is 0 Å². The van der Waals surface area contributed by atoms with Gasteiger partial charge < -0.3 is 24.3 Å². The largest absolute Gasteiger partial charge is 0.493 e. The first kappa shape index (κ1) is 19.6. The van der Waals surface area contributed by atoms with Gasteiger partial charge in [-0.2, -0.15) is 0 Å². The third-order valence-corrected chi connectivity index (χ3v) is 4.01. The van der Waals surface area contributed by atoms with E-state index in [9.17, 15) is 0 Å². The van der Waals surface area contributed by atoms with Crippen LogP contribution in [0.4, 0.5) is 5.69 Å². The van der Waals surface area contributed by atoms with Gasteiger partial charge in [-0.05, 0) is 30.8 Å². The van der Waals surface area contributed by atoms with Crippen LogP contribution >= 0.6 is 0 Å². The Balaban J connectivity index is 1.82. The summed E-state index contributed by atoms with van der Waals surface area (Å²) < 4.78 is 22.2. The number of ether oxygens (including phenoxy) is 4. The molecular weight excluding hydrogens is 358 g/mol. The number of rotatable bonds is 10. The monoisotopic (exact) mass is 383 g/mol. The van der Waals surface area contributed by atoms with Gasteiger partial charge in [0, 0.05) is 24.9 Å². The summed E-state index contributed by atoms with van der Waals surface area (Å²) in [6.07, 6.45) is 4.94. The fraction of sp³-hybridized carbons (Fsp3) is 0.286. The number of nitrogens with one attached hydrogen (secondary N) is 2. The Morgan fingerprint density at radius 2 is 2.00 bits per heavy atom. The number of aromatic amines is 1. The number of hydrogen-bond donors (Lipinski definition) is 2. The number of anilines is 1. The molecule has 7 nitrogen and oxygen atoms in total. The standard InChI is InChI=1S/C21H25N3O4/c1-4-5-9-22-15-7-6-8-16(12-15)28-21-17-13-19(26-3)20(27-11-10-25-2)14-18(17)23-24-21/h5-9,12-14,22H,4,10-11H2,1-3H3,(H,23,24)/b9-5+. The third kappa shape index (κ3) is 4.75. The van der Waals surface area contributed by atoms with Crippen molar-refractivity contribution in [3.63, 3.8) is 0 Å². The van der Waals surface area contributed by atoms with Gasteiger partial charge in [-0.3, -0.25) is 5.10 Å². The van der Waals surface area contributed by atoms with Crippen molar-refractivity contribution < 1.29 is 18.9 Å². The van der Waals surface area contributed by atoms with E-state index >= 15 is 0 Å². The highest BCUT2D eigenvalue weighted by molar-refractivity contribution is 5.87. The topological polar surface area (TPSA) is 77.6 Å². The Labute approximate surface area is 164 Å². The number of aromatic nitrogens is 2. The predicted octanol–water partition coefficient (Wildman–Crippen LogP) is 4.72. The number of methoxy groups -OCH3 is 2. The molecule has 0 bridgehead atoms. The summed E-state index contributed by atoms with van der Waals surface area (Å²) in [5.41, 5.74) is 1.73. The number of H-pyrrole nitrogens is 1. The molecule has 0 fully saturated rings. The van der Waals surface area contributed by atoms with Crippen LogP contribution in [0.2, 0.25) is 0 Å². The van der Waals surface area contributed by atoms with Crippen LogP contribution in [0, 0.1) is 0 Å². The van der Waals surface area contributed by atoms with Crippen molar-refractivity contribution >= 4 is 16.6 Å². The molecule has 2 aromatic carbocycles. The molecule has 0 saturated carbocycles. The van der Waals surface area contributed by atoms with Gasteiger partial charge in [-0.1, -0.05) is 19.1 Å². The van der Waals surface area contributed by atoms with Crippen molar-refractivity contribution in [3.8, 4) is 23.1 Å². The number of hydrogen-bond acceptors (Lipinski definition) is 6. The molecule has 0 aliphatic rings. The molecule has 0 unspecified atom stereocenters. The lowest BCUT2D eigenvalue weighted by Crippen LogP contribution is -2.05. The molecule has 0 saturated heterocycles. The average molecular weight is 383 g/mol. The SMILES string of the molecule is CC/C=C/Nc1cccc(Oc2n[nH]c3cc(OCCOC)c(OC)cc23)c1. The highest BCUT2D eigenvalue weighted by Gasteiger charge is 2.14. The van der Waals surface area contributed by atoms with Crippen LogP contribution in [0.5, 0.6) is 23.1 Å². The molecule has 28 heavy (non-hydrogen) atoms. The molecule has 0 aliphatic carbocycles. The Kier molecular flexibility index (Phi) is 6.75. The Morgan fingerprint density at radius 1 is 1.11 bits per heavy atom. The lowest BCUT2D eigenvalue weighted by molar-refractivity contribution is 0.144. The first-order valence-corrected chi connectivity index (χ1v) is 9.12. The lowest BCUT2D eigenvalue weighted by Gasteiger charge is -2.11. The van der Waals surface area contributed by atoms with E-state index in [0.717, 1.165) is 23.0 Å². The van der Waals surface area contributed by atoms with Gasteiger partial charge >= 0.3 is 0 Å². The molecule has 0 atom stereocenters. The maximum atomic E-state index is 5.99. The minimum Gasteiger partial charge on any atom is -0.493 e. The average Bonchev–Trinajstić information content (AvgIpc) is 3.09. The molecular formula is C21H25N3O4. The second-order valence-corrected chi connectivity index (χ2v) is 6.00. The fourth-order valence-electron chi connectivity index (χ4n) is 2.62. The first-order valence-electron chi connectivity index (χ1n) is 9.12. The molecule has 3 rings (SSSR count). The van der Waals surface area contributed by atoms with E-state index in [1.54, 1.807) is 14.2 Å². The maximum Gasteiger partial charge on any atom is 0.246 e. The van der Waals surface area contributed by atoms with Gasteiger partial charge in [0.15, 0.2) is 11.5 Å². The van der Waals surface area contributed by atoms with Gasteiger partial charge in [0.25, 0.3) is 0 Å². The Hall–Kier alpha value is -3.19. The number of fused-ring (bicyclic) bond motifs is 1. The van der Waals surface area contributed by atoms with Crippen LogP contribution in [0.1, 0.15) is 13.3 Å². The highest BCUT2D eigenvalue weighted by Crippen LogP contribution is 2.36. The van der Waals surface area contributed by atoms with Crippen LogP contribution in [0.3, 0.4) is 0 Å². The molecule has 0 radical (unpaired) electrons. The lowest BCUT2D eigenvalue weighted by atomic mass is 10.2. The van der Waals surface area contributed by atoms with Crippen LogP contribution in [0.25, 0.3) is 10.9 Å². The van der Waals surface area contributed by atoms with Crippen molar-refractivity contribution in [1.29, 1.82) is 0 Å². The van der Waals surface area contributed by atoms with E-state index in [1.165, 1.54) is 0 Å². The molecule has 148 valence electrons. The van der Waals surface area contributed by atoms with Crippen molar-refractivity contribution in [2.75, 3.05) is 32.8 Å². The zero-order valence-corrected chi connectivity index (χ0v) is 16.3. The minimum absolute atomic E-state index is 0.433. The number of nitrogens with zero attached hydrogens (tertiary/aromatic N) is 1. The highest BCUT2D eigenvalue weighted by atomic mass is 16.5. The summed E-state index contributed by atoms with van der Waals surface area (Å²) in [6, 6.07) is 11.4. The van der Waals surface area contributed by atoms with Gasteiger partial charge in [0.1, 0.15) is 12.4 Å². The summed E-state index contributed by atoms with van der Waals surface area (Å²) >= 11 is 0. The molecule has 7 heteroatoms. The van der Waals surface area contributed by atoms with E-state index in [4.69, 9.17) is 18.9 Å². The van der Waals surface area contributed by atoms with Crippen LogP contribution < -0.4 is 19.5 Å². The molecule has 2 N–H and O–H groups in total. The van der Waals surface area contributed by atoms with Gasteiger partial charge in [-0.15, -0.1) is 5.10 Å². The zero-order chi connectivity index (χ0) is 19.8. The van der Waals surface area contributed by atoms with E-state index in [0.29, 0.717) is 36.3 Å². The molecule has 0 amide bonds. The molecule has 1 heterocycles. The molecule has 0 aliphatic heterocycles. The quantitative estimate of drug-likeness (QED) is 0.493. The Bertz CT molecular complexity index is 937. The van der Waals surface area contributed by atoms with Crippen molar-refractivity contribution in [2.24, 2.45) is 0 Å². The molecule has 0 spiro atoms. The number of benzene rings is 2. The van der Waals surface area contributed by atoms with E-state index < -0.39 is 0 Å². The minimum atomic E-state index is 0.433. The van der Waals surface area contributed by atoms with Crippen molar-refractivity contribution in [2.45, 2.75) is 13.3 Å². The van der Waals surface area contributed by atoms with E-state index in [1.807, 2.05) is 48.7 Å². The summed E-state index contributed by atoms with van der Waals surface area (Å²) in [6.45, 7) is 3.02. The van der Waals surface area contributed by atoms with E-state index in [2.05, 4.69) is 22.4 Å². The third-order valence-electron chi connectivity index (χ3n) is 4.01. The van der Waals surface area contributed by atoms with Crippen LogP contribution in [-0.2, 0) is 4.74 Å². The van der Waals surface area contributed by atoms with Crippen LogP contribution in [0.15, 0.2) is 48.7 Å².